The Morgan fingerprint density at radius 1 is 0.943 bits per heavy atom. The summed E-state index contributed by atoms with van der Waals surface area (Å²) in [6, 6.07) is 16.1. The topological polar surface area (TPSA) is 114 Å². The lowest BCUT2D eigenvalue weighted by atomic mass is 10.1. The number of nitrogens with one attached hydrogen (secondary N) is 3. The Balaban J connectivity index is 1.42. The molecule has 0 aliphatic carbocycles. The Bertz CT molecular complexity index is 1450. The van der Waals surface area contributed by atoms with Crippen molar-refractivity contribution in [1.29, 1.82) is 0 Å². The molecule has 0 saturated heterocycles. The Hall–Kier alpha value is -3.83. The summed E-state index contributed by atoms with van der Waals surface area (Å²) >= 11 is 5.48. The Labute approximate surface area is 209 Å². The van der Waals surface area contributed by atoms with Gasteiger partial charge in [-0.25, -0.2) is 23.1 Å². The number of sulfonamides is 1. The van der Waals surface area contributed by atoms with Gasteiger partial charge in [-0.05, 0) is 74.4 Å². The highest BCUT2D eigenvalue weighted by Crippen LogP contribution is 2.22. The maximum Gasteiger partial charge on any atom is 0.264 e. The van der Waals surface area contributed by atoms with Crippen LogP contribution in [0.25, 0.3) is 0 Å². The third-order valence-corrected chi connectivity index (χ3v) is 6.96. The van der Waals surface area contributed by atoms with Gasteiger partial charge in [0.05, 0.1) is 28.5 Å². The van der Waals surface area contributed by atoms with Crippen LogP contribution in [-0.2, 0) is 16.6 Å². The monoisotopic (exact) mass is 507 g/mol. The zero-order valence-electron chi connectivity index (χ0n) is 19.5. The van der Waals surface area contributed by atoms with E-state index in [1.165, 1.54) is 35.7 Å². The summed E-state index contributed by atoms with van der Waals surface area (Å²) in [7, 11) is -3.81. The predicted octanol–water partition coefficient (Wildman–Crippen LogP) is 4.26. The first-order valence-electron chi connectivity index (χ1n) is 10.8. The summed E-state index contributed by atoms with van der Waals surface area (Å²) in [4.78, 5) is 7.85. The molecule has 0 saturated carbocycles. The Kier molecular flexibility index (Phi) is 7.08. The summed E-state index contributed by atoms with van der Waals surface area (Å²) in [5.41, 5.74) is 5.68. The zero-order valence-corrected chi connectivity index (χ0v) is 21.1. The van der Waals surface area contributed by atoms with Gasteiger partial charge in [0.15, 0.2) is 5.11 Å². The van der Waals surface area contributed by atoms with E-state index in [9.17, 15) is 8.42 Å². The minimum atomic E-state index is -3.81. The number of anilines is 3. The highest BCUT2D eigenvalue weighted by molar-refractivity contribution is 7.92. The summed E-state index contributed by atoms with van der Waals surface area (Å²) in [6.45, 7) is 6.67. The van der Waals surface area contributed by atoms with Crippen molar-refractivity contribution in [3.05, 3.63) is 89.5 Å². The zero-order chi connectivity index (χ0) is 25.0. The first kappa shape index (κ1) is 24.3. The van der Waals surface area contributed by atoms with Crippen LogP contribution >= 0.6 is 12.2 Å². The second kappa shape index (κ2) is 10.2. The SMILES string of the molecule is Cc1ccccc1Cn1nc(C)c(NC(=S)Nc2ccc(S(=O)(=O)Nc3ncccn3)cc2)c1C. The molecule has 0 amide bonds. The third-order valence-electron chi connectivity index (χ3n) is 5.42. The lowest BCUT2D eigenvalue weighted by Gasteiger charge is -2.12. The van der Waals surface area contributed by atoms with Crippen LogP contribution < -0.4 is 15.4 Å². The molecule has 2 aromatic carbocycles. The van der Waals surface area contributed by atoms with Crippen molar-refractivity contribution in [1.82, 2.24) is 19.7 Å². The van der Waals surface area contributed by atoms with Crippen LogP contribution in [0.5, 0.6) is 0 Å². The van der Waals surface area contributed by atoms with E-state index in [2.05, 4.69) is 49.5 Å². The first-order valence-corrected chi connectivity index (χ1v) is 12.7. The van der Waals surface area contributed by atoms with Crippen LogP contribution in [0.3, 0.4) is 0 Å². The Morgan fingerprint density at radius 2 is 1.63 bits per heavy atom. The summed E-state index contributed by atoms with van der Waals surface area (Å²) in [5, 5.41) is 11.3. The maximum atomic E-state index is 12.5. The van der Waals surface area contributed by atoms with Crippen molar-refractivity contribution < 1.29 is 8.42 Å². The molecule has 0 aliphatic heterocycles. The molecule has 0 radical (unpaired) electrons. The van der Waals surface area contributed by atoms with Crippen molar-refractivity contribution in [3.8, 4) is 0 Å². The lowest BCUT2D eigenvalue weighted by Crippen LogP contribution is -2.20. The molecule has 4 aromatic rings. The fourth-order valence-electron chi connectivity index (χ4n) is 3.50. The van der Waals surface area contributed by atoms with E-state index < -0.39 is 10.0 Å². The molecule has 0 fully saturated rings. The molecule has 0 unspecified atom stereocenters. The van der Waals surface area contributed by atoms with E-state index in [4.69, 9.17) is 12.2 Å². The summed E-state index contributed by atoms with van der Waals surface area (Å²) in [6.07, 6.45) is 2.92. The van der Waals surface area contributed by atoms with Gasteiger partial charge in [-0.15, -0.1) is 0 Å². The van der Waals surface area contributed by atoms with Crippen molar-refractivity contribution in [2.24, 2.45) is 0 Å². The number of nitrogens with zero attached hydrogens (tertiary/aromatic N) is 4. The molecule has 0 aliphatic rings. The van der Waals surface area contributed by atoms with E-state index in [0.717, 1.165) is 17.1 Å². The average Bonchev–Trinajstić information content (AvgIpc) is 3.08. The third kappa shape index (κ3) is 5.81. The van der Waals surface area contributed by atoms with Gasteiger partial charge in [0, 0.05) is 18.1 Å². The molecule has 2 heterocycles. The van der Waals surface area contributed by atoms with Gasteiger partial charge in [0.2, 0.25) is 5.95 Å². The molecule has 9 nitrogen and oxygen atoms in total. The van der Waals surface area contributed by atoms with Crippen LogP contribution in [0.4, 0.5) is 17.3 Å². The van der Waals surface area contributed by atoms with E-state index in [1.807, 2.05) is 30.7 Å². The molecule has 3 N–H and O–H groups in total. The quantitative estimate of drug-likeness (QED) is 0.318. The summed E-state index contributed by atoms with van der Waals surface area (Å²) < 4.78 is 29.4. The second-order valence-electron chi connectivity index (χ2n) is 7.91. The molecular formula is C24H25N7O2S2. The lowest BCUT2D eigenvalue weighted by molar-refractivity contribution is 0.601. The number of hydrogen-bond donors (Lipinski definition) is 3. The fraction of sp³-hybridized carbons (Fsp3) is 0.167. The average molecular weight is 508 g/mol. The van der Waals surface area contributed by atoms with Crippen LogP contribution in [0.2, 0.25) is 0 Å². The summed E-state index contributed by atoms with van der Waals surface area (Å²) in [5.74, 6) is 0.00814. The molecule has 0 atom stereocenters. The predicted molar refractivity (Wildman–Crippen MR) is 141 cm³/mol. The van der Waals surface area contributed by atoms with Gasteiger partial charge in [-0.1, -0.05) is 24.3 Å². The molecule has 180 valence electrons. The number of hydrogen-bond acceptors (Lipinski definition) is 6. The van der Waals surface area contributed by atoms with Crippen molar-refractivity contribution >= 4 is 44.7 Å². The van der Waals surface area contributed by atoms with Crippen LogP contribution in [0.1, 0.15) is 22.5 Å². The van der Waals surface area contributed by atoms with Gasteiger partial charge < -0.3 is 10.6 Å². The minimum absolute atomic E-state index is 0.00814. The largest absolute Gasteiger partial charge is 0.332 e. The van der Waals surface area contributed by atoms with E-state index in [-0.39, 0.29) is 10.8 Å². The first-order chi connectivity index (χ1) is 16.7. The smallest absolute Gasteiger partial charge is 0.264 e. The van der Waals surface area contributed by atoms with Gasteiger partial charge in [-0.2, -0.15) is 5.10 Å². The van der Waals surface area contributed by atoms with Gasteiger partial charge in [0.1, 0.15) is 0 Å². The highest BCUT2D eigenvalue weighted by Gasteiger charge is 2.16. The number of aryl methyl sites for hydroxylation is 2. The fourth-order valence-corrected chi connectivity index (χ4v) is 4.68. The normalized spacial score (nSPS) is 11.2. The van der Waals surface area contributed by atoms with Crippen molar-refractivity contribution in [2.45, 2.75) is 32.2 Å². The second-order valence-corrected chi connectivity index (χ2v) is 10.0. The van der Waals surface area contributed by atoms with E-state index in [1.54, 1.807) is 18.2 Å². The number of benzene rings is 2. The van der Waals surface area contributed by atoms with Crippen LogP contribution in [0.15, 0.2) is 71.9 Å². The number of aromatic nitrogens is 4. The van der Waals surface area contributed by atoms with Crippen LogP contribution in [0, 0.1) is 20.8 Å². The van der Waals surface area contributed by atoms with E-state index >= 15 is 0 Å². The molecule has 0 bridgehead atoms. The minimum Gasteiger partial charge on any atom is -0.332 e. The number of rotatable bonds is 7. The molecule has 0 spiro atoms. The van der Waals surface area contributed by atoms with Crippen LogP contribution in [-0.4, -0.2) is 33.3 Å². The van der Waals surface area contributed by atoms with E-state index in [0.29, 0.717) is 17.3 Å². The standard InChI is InChI=1S/C24H25N7O2S2/c1-16-7-4-5-8-19(16)15-31-18(3)22(17(2)29-31)28-24(34)27-20-9-11-21(12-10-20)35(32,33)30-23-25-13-6-14-26-23/h4-14H,15H2,1-3H3,(H,25,26,30)(H2,27,28,34). The number of thiocarbonyl (C=S) groups is 1. The Morgan fingerprint density at radius 3 is 2.31 bits per heavy atom. The van der Waals surface area contributed by atoms with Gasteiger partial charge >= 0.3 is 0 Å². The van der Waals surface area contributed by atoms with Crippen molar-refractivity contribution in [3.63, 3.8) is 0 Å². The van der Waals surface area contributed by atoms with Gasteiger partial charge in [0.25, 0.3) is 10.0 Å². The maximum absolute atomic E-state index is 12.5. The molecular weight excluding hydrogens is 482 g/mol. The van der Waals surface area contributed by atoms with Crippen molar-refractivity contribution in [2.75, 3.05) is 15.4 Å². The highest BCUT2D eigenvalue weighted by atomic mass is 32.2. The van der Waals surface area contributed by atoms with Gasteiger partial charge in [-0.3, -0.25) is 4.68 Å². The molecule has 11 heteroatoms. The molecule has 35 heavy (non-hydrogen) atoms. The molecule has 2 aromatic heterocycles. The molecule has 4 rings (SSSR count).